The van der Waals surface area contributed by atoms with Gasteiger partial charge < -0.3 is 15.0 Å². The largest absolute Gasteiger partial charge is 0.379 e. The van der Waals surface area contributed by atoms with Crippen LogP contribution in [0.25, 0.3) is 0 Å². The topological polar surface area (TPSA) is 117 Å². The van der Waals surface area contributed by atoms with Crippen LogP contribution >= 0.6 is 0 Å². The average molecular weight is 430 g/mol. The Bertz CT molecular complexity index is 807. The molecule has 1 heterocycles. The summed E-state index contributed by atoms with van der Waals surface area (Å²) in [5.41, 5.74) is -0.210. The average Bonchev–Trinajstić information content (AvgIpc) is 2.66. The molecule has 0 aliphatic carbocycles. The van der Waals surface area contributed by atoms with E-state index in [9.17, 15) is 18.5 Å². The first kappa shape index (κ1) is 23.5. The molecule has 2 rings (SSSR count). The smallest absolute Gasteiger partial charge is 0.293 e. The zero-order valence-corrected chi connectivity index (χ0v) is 18.3. The minimum atomic E-state index is -3.82. The van der Waals surface area contributed by atoms with E-state index >= 15 is 0 Å². The number of sulfonamides is 1. The summed E-state index contributed by atoms with van der Waals surface area (Å²) in [4.78, 5) is 15.0. The van der Waals surface area contributed by atoms with E-state index in [-0.39, 0.29) is 22.7 Å². The molecule has 1 saturated heterocycles. The molecule has 0 unspecified atom stereocenters. The lowest BCUT2D eigenvalue weighted by atomic mass is 10.0. The number of ether oxygens (including phenoxy) is 1. The molecule has 0 aromatic heterocycles. The van der Waals surface area contributed by atoms with Crippen LogP contribution in [0, 0.1) is 10.1 Å². The van der Waals surface area contributed by atoms with Gasteiger partial charge in [-0.05, 0) is 40.1 Å². The van der Waals surface area contributed by atoms with Crippen molar-refractivity contribution in [2.45, 2.75) is 24.3 Å². The van der Waals surface area contributed by atoms with Crippen LogP contribution in [-0.2, 0) is 14.8 Å². The predicted octanol–water partition coefficient (Wildman–Crippen LogP) is 0.957. The first-order chi connectivity index (χ1) is 13.5. The van der Waals surface area contributed by atoms with Crippen LogP contribution in [0.4, 0.5) is 11.4 Å². The Balaban J connectivity index is 2.14. The molecule has 0 bridgehead atoms. The number of nitrogens with one attached hydrogen (secondary N) is 2. The van der Waals surface area contributed by atoms with E-state index in [1.54, 1.807) is 0 Å². The van der Waals surface area contributed by atoms with E-state index < -0.39 is 14.9 Å². The highest BCUT2D eigenvalue weighted by molar-refractivity contribution is 7.89. The normalized spacial score (nSPS) is 16.2. The van der Waals surface area contributed by atoms with Crippen molar-refractivity contribution >= 4 is 21.4 Å². The zero-order valence-electron chi connectivity index (χ0n) is 17.5. The maximum atomic E-state index is 12.4. The Morgan fingerprint density at radius 3 is 2.52 bits per heavy atom. The lowest BCUT2D eigenvalue weighted by molar-refractivity contribution is -0.384. The number of benzene rings is 1. The SMILES string of the molecule is CN(C)CCNS(=O)(=O)c1ccc(NCC(C)(C)N2CCOCC2)c([N+](=O)[O-])c1. The second-order valence-corrected chi connectivity index (χ2v) is 9.67. The number of anilines is 1. The van der Waals surface area contributed by atoms with Crippen LogP contribution in [0.2, 0.25) is 0 Å². The molecule has 1 aliphatic heterocycles. The second-order valence-electron chi connectivity index (χ2n) is 7.90. The van der Waals surface area contributed by atoms with Gasteiger partial charge in [0.1, 0.15) is 5.69 Å². The predicted molar refractivity (Wildman–Crippen MR) is 112 cm³/mol. The standard InChI is InChI=1S/C18H31N5O5S/c1-18(2,22-9-11-28-12-10-22)14-19-16-6-5-15(13-17(16)23(24)25)29(26,27)20-7-8-21(3)4/h5-6,13,19-20H,7-12,14H2,1-4H3. The molecule has 0 atom stereocenters. The number of hydrogen-bond acceptors (Lipinski definition) is 8. The fraction of sp³-hybridized carbons (Fsp3) is 0.667. The fourth-order valence-electron chi connectivity index (χ4n) is 3.06. The van der Waals surface area contributed by atoms with Gasteiger partial charge in [0, 0.05) is 44.3 Å². The van der Waals surface area contributed by atoms with E-state index in [2.05, 4.69) is 28.8 Å². The molecule has 0 radical (unpaired) electrons. The molecule has 1 aromatic carbocycles. The van der Waals surface area contributed by atoms with Gasteiger partial charge in [-0.15, -0.1) is 0 Å². The summed E-state index contributed by atoms with van der Waals surface area (Å²) in [6, 6.07) is 3.94. The van der Waals surface area contributed by atoms with Gasteiger partial charge in [-0.1, -0.05) is 0 Å². The Labute approximate surface area is 172 Å². The molecule has 0 saturated carbocycles. The van der Waals surface area contributed by atoms with Gasteiger partial charge in [0.05, 0.1) is 23.0 Å². The number of nitro groups is 1. The van der Waals surface area contributed by atoms with Crippen LogP contribution < -0.4 is 10.0 Å². The van der Waals surface area contributed by atoms with E-state index in [1.807, 2.05) is 19.0 Å². The summed E-state index contributed by atoms with van der Waals surface area (Å²) in [7, 11) is -0.157. The van der Waals surface area contributed by atoms with Crippen LogP contribution in [0.1, 0.15) is 13.8 Å². The second kappa shape index (κ2) is 9.81. The number of likely N-dealkylation sites (N-methyl/N-ethyl adjacent to an activating group) is 1. The highest BCUT2D eigenvalue weighted by Crippen LogP contribution is 2.28. The number of nitro benzene ring substituents is 1. The molecular formula is C18H31N5O5S. The van der Waals surface area contributed by atoms with Crippen molar-refractivity contribution in [3.8, 4) is 0 Å². The maximum Gasteiger partial charge on any atom is 0.293 e. The van der Waals surface area contributed by atoms with Crippen LogP contribution in [0.15, 0.2) is 23.1 Å². The molecule has 11 heteroatoms. The van der Waals surface area contributed by atoms with Crippen molar-refractivity contribution in [2.75, 3.05) is 65.3 Å². The van der Waals surface area contributed by atoms with Crippen molar-refractivity contribution in [1.29, 1.82) is 0 Å². The van der Waals surface area contributed by atoms with Gasteiger partial charge in [0.15, 0.2) is 0 Å². The van der Waals surface area contributed by atoms with Gasteiger partial charge >= 0.3 is 0 Å². The van der Waals surface area contributed by atoms with Gasteiger partial charge in [-0.25, -0.2) is 13.1 Å². The highest BCUT2D eigenvalue weighted by Gasteiger charge is 2.29. The molecule has 29 heavy (non-hydrogen) atoms. The molecule has 2 N–H and O–H groups in total. The summed E-state index contributed by atoms with van der Waals surface area (Å²) >= 11 is 0. The lowest BCUT2D eigenvalue weighted by Crippen LogP contribution is -2.53. The van der Waals surface area contributed by atoms with Crippen LogP contribution in [-0.4, -0.2) is 88.7 Å². The first-order valence-corrected chi connectivity index (χ1v) is 11.0. The van der Waals surface area contributed by atoms with E-state index in [0.717, 1.165) is 19.2 Å². The summed E-state index contributed by atoms with van der Waals surface area (Å²) in [6.45, 7) is 8.26. The number of hydrogen-bond donors (Lipinski definition) is 2. The van der Waals surface area contributed by atoms with Crippen LogP contribution in [0.5, 0.6) is 0 Å². The third-order valence-corrected chi connectivity index (χ3v) is 6.36. The summed E-state index contributed by atoms with van der Waals surface area (Å²) in [5, 5.41) is 14.7. The van der Waals surface area contributed by atoms with E-state index in [1.165, 1.54) is 12.1 Å². The Morgan fingerprint density at radius 1 is 1.28 bits per heavy atom. The lowest BCUT2D eigenvalue weighted by Gasteiger charge is -2.41. The quantitative estimate of drug-likeness (QED) is 0.417. The minimum Gasteiger partial charge on any atom is -0.379 e. The summed E-state index contributed by atoms with van der Waals surface area (Å²) in [6.07, 6.45) is 0. The molecule has 10 nitrogen and oxygen atoms in total. The van der Waals surface area contributed by atoms with Gasteiger partial charge in [0.2, 0.25) is 10.0 Å². The molecule has 0 spiro atoms. The van der Waals surface area contributed by atoms with Gasteiger partial charge in [-0.2, -0.15) is 0 Å². The monoisotopic (exact) mass is 429 g/mol. The number of rotatable bonds is 10. The van der Waals surface area contributed by atoms with E-state index in [4.69, 9.17) is 4.74 Å². The van der Waals surface area contributed by atoms with Crippen molar-refractivity contribution in [2.24, 2.45) is 0 Å². The number of nitrogens with zero attached hydrogens (tertiary/aromatic N) is 3. The minimum absolute atomic E-state index is 0.124. The summed E-state index contributed by atoms with van der Waals surface area (Å²) < 4.78 is 32.7. The molecule has 0 amide bonds. The molecule has 1 aromatic rings. The van der Waals surface area contributed by atoms with Gasteiger partial charge in [-0.3, -0.25) is 15.0 Å². The molecule has 164 valence electrons. The van der Waals surface area contributed by atoms with Crippen LogP contribution in [0.3, 0.4) is 0 Å². The molecule has 1 aliphatic rings. The van der Waals surface area contributed by atoms with Crippen molar-refractivity contribution in [3.63, 3.8) is 0 Å². The Kier molecular flexibility index (Phi) is 7.94. The Morgan fingerprint density at radius 2 is 1.93 bits per heavy atom. The van der Waals surface area contributed by atoms with Crippen molar-refractivity contribution in [3.05, 3.63) is 28.3 Å². The maximum absolute atomic E-state index is 12.4. The highest BCUT2D eigenvalue weighted by atomic mass is 32.2. The third-order valence-electron chi connectivity index (χ3n) is 4.91. The van der Waals surface area contributed by atoms with E-state index in [0.29, 0.717) is 32.0 Å². The summed E-state index contributed by atoms with van der Waals surface area (Å²) in [5.74, 6) is 0. The molecule has 1 fully saturated rings. The van der Waals surface area contributed by atoms with Crippen molar-refractivity contribution < 1.29 is 18.1 Å². The van der Waals surface area contributed by atoms with Crippen molar-refractivity contribution in [1.82, 2.24) is 14.5 Å². The fourth-order valence-corrected chi connectivity index (χ4v) is 4.10. The Hall–Kier alpha value is -1.79. The third kappa shape index (κ3) is 6.61. The molecular weight excluding hydrogens is 398 g/mol. The zero-order chi connectivity index (χ0) is 21.7. The van der Waals surface area contributed by atoms with Gasteiger partial charge in [0.25, 0.3) is 5.69 Å². The number of morpholine rings is 1. The first-order valence-electron chi connectivity index (χ1n) is 9.52.